The fraction of sp³-hybridized carbons (Fsp3) is 0.222. The van der Waals surface area contributed by atoms with E-state index in [0.29, 0.717) is 0 Å². The minimum Gasteiger partial charge on any atom is -0.434 e. The fourth-order valence-electron chi connectivity index (χ4n) is 1.26. The van der Waals surface area contributed by atoms with E-state index in [4.69, 9.17) is 11.6 Å². The van der Waals surface area contributed by atoms with Gasteiger partial charge in [0, 0.05) is 0 Å². The molecule has 0 aromatic heterocycles. The van der Waals surface area contributed by atoms with Gasteiger partial charge in [-0.3, -0.25) is 14.9 Å². The summed E-state index contributed by atoms with van der Waals surface area (Å²) >= 11 is 5.54. The lowest BCUT2D eigenvalue weighted by Crippen LogP contribution is -2.09. The molecule has 0 radical (unpaired) electrons. The first-order chi connectivity index (χ1) is 7.84. The van der Waals surface area contributed by atoms with Crippen LogP contribution in [-0.4, -0.2) is 17.3 Å². The number of nitro benzene ring substituents is 1. The van der Waals surface area contributed by atoms with Crippen molar-refractivity contribution in [2.75, 3.05) is 0 Å². The average molecular weight is 266 g/mol. The molecule has 8 heteroatoms. The van der Waals surface area contributed by atoms with Gasteiger partial charge in [0.25, 0.3) is 0 Å². The number of ketones is 1. The van der Waals surface area contributed by atoms with Gasteiger partial charge in [-0.25, -0.2) is 0 Å². The van der Waals surface area contributed by atoms with E-state index in [0.717, 1.165) is 19.1 Å². The number of hydrogen-bond donors (Lipinski definition) is 0. The Morgan fingerprint density at radius 3 is 2.53 bits per heavy atom. The maximum Gasteiger partial charge on any atom is 0.387 e. The molecule has 92 valence electrons. The van der Waals surface area contributed by atoms with Crippen LogP contribution in [0.2, 0.25) is 5.02 Å². The number of carbonyl (C=O) groups is 1. The summed E-state index contributed by atoms with van der Waals surface area (Å²) in [6.07, 6.45) is 0. The molecule has 0 atom stereocenters. The Labute approximate surface area is 99.1 Å². The molecule has 0 amide bonds. The van der Waals surface area contributed by atoms with Crippen molar-refractivity contribution in [2.45, 2.75) is 13.5 Å². The number of Topliss-reactive ketones (excluding diaryl/α,β-unsaturated/α-hetero) is 1. The van der Waals surface area contributed by atoms with Gasteiger partial charge < -0.3 is 4.74 Å². The summed E-state index contributed by atoms with van der Waals surface area (Å²) in [6, 6.07) is 2.00. The van der Waals surface area contributed by atoms with Crippen LogP contribution in [0, 0.1) is 10.1 Å². The van der Waals surface area contributed by atoms with Crippen molar-refractivity contribution < 1.29 is 23.2 Å². The van der Waals surface area contributed by atoms with E-state index < -0.39 is 34.3 Å². The van der Waals surface area contributed by atoms with Gasteiger partial charge >= 0.3 is 12.3 Å². The lowest BCUT2D eigenvalue weighted by Gasteiger charge is -2.09. The van der Waals surface area contributed by atoms with Gasteiger partial charge in [-0.2, -0.15) is 8.78 Å². The highest BCUT2D eigenvalue weighted by atomic mass is 35.5. The Morgan fingerprint density at radius 1 is 1.53 bits per heavy atom. The zero-order chi connectivity index (χ0) is 13.2. The molecule has 0 saturated heterocycles. The van der Waals surface area contributed by atoms with Crippen molar-refractivity contribution >= 4 is 23.1 Å². The topological polar surface area (TPSA) is 69.4 Å². The van der Waals surface area contributed by atoms with Crippen molar-refractivity contribution in [3.63, 3.8) is 0 Å². The highest BCUT2D eigenvalue weighted by Crippen LogP contribution is 2.36. The molecule has 0 aliphatic heterocycles. The molecule has 0 N–H and O–H groups in total. The maximum atomic E-state index is 12.1. The van der Waals surface area contributed by atoms with Crippen LogP contribution in [0.3, 0.4) is 0 Å². The normalized spacial score (nSPS) is 10.4. The number of benzene rings is 1. The van der Waals surface area contributed by atoms with Crippen LogP contribution >= 0.6 is 11.6 Å². The van der Waals surface area contributed by atoms with Crippen molar-refractivity contribution in [3.05, 3.63) is 32.8 Å². The van der Waals surface area contributed by atoms with Gasteiger partial charge in [0.15, 0.2) is 5.78 Å². The molecule has 0 unspecified atom stereocenters. The second kappa shape index (κ2) is 5.05. The van der Waals surface area contributed by atoms with E-state index in [1.54, 1.807) is 0 Å². The molecule has 0 spiro atoms. The Bertz CT molecular complexity index is 478. The standard InChI is InChI=1S/C9H6ClF2NO4/c1-4(14)7-6(17-9(11)12)3-2-5(10)8(7)13(15)16/h2-3,9H,1H3. The summed E-state index contributed by atoms with van der Waals surface area (Å²) in [6.45, 7) is -2.19. The summed E-state index contributed by atoms with van der Waals surface area (Å²) in [5.41, 5.74) is -1.31. The predicted molar refractivity (Wildman–Crippen MR) is 54.7 cm³/mol. The molecule has 17 heavy (non-hydrogen) atoms. The third kappa shape index (κ3) is 2.88. The molecular formula is C9H6ClF2NO4. The van der Waals surface area contributed by atoms with E-state index in [2.05, 4.69) is 4.74 Å². The minimum absolute atomic E-state index is 0.318. The lowest BCUT2D eigenvalue weighted by atomic mass is 10.1. The molecule has 1 aromatic carbocycles. The lowest BCUT2D eigenvalue weighted by molar-refractivity contribution is -0.385. The highest BCUT2D eigenvalue weighted by molar-refractivity contribution is 6.33. The molecule has 0 bridgehead atoms. The summed E-state index contributed by atoms with van der Waals surface area (Å²) in [5, 5.41) is 10.4. The first kappa shape index (κ1) is 13.3. The number of alkyl halides is 2. The van der Waals surface area contributed by atoms with Crippen LogP contribution in [0.5, 0.6) is 5.75 Å². The van der Waals surface area contributed by atoms with Gasteiger partial charge in [-0.1, -0.05) is 11.6 Å². The van der Waals surface area contributed by atoms with Gasteiger partial charge in [0.2, 0.25) is 0 Å². The van der Waals surface area contributed by atoms with Crippen LogP contribution in [0.25, 0.3) is 0 Å². The van der Waals surface area contributed by atoms with Crippen molar-refractivity contribution in [3.8, 4) is 5.75 Å². The average Bonchev–Trinajstić information content (AvgIpc) is 2.18. The maximum absolute atomic E-state index is 12.1. The van der Waals surface area contributed by atoms with Crippen molar-refractivity contribution in [2.24, 2.45) is 0 Å². The minimum atomic E-state index is -3.19. The molecule has 0 heterocycles. The first-order valence-corrected chi connectivity index (χ1v) is 4.65. The van der Waals surface area contributed by atoms with E-state index in [9.17, 15) is 23.7 Å². The summed E-state index contributed by atoms with van der Waals surface area (Å²) in [5.74, 6) is -1.35. The second-order valence-corrected chi connectivity index (χ2v) is 3.37. The van der Waals surface area contributed by atoms with Crippen molar-refractivity contribution in [1.82, 2.24) is 0 Å². The number of hydrogen-bond acceptors (Lipinski definition) is 4. The van der Waals surface area contributed by atoms with E-state index in [1.807, 2.05) is 0 Å². The zero-order valence-electron chi connectivity index (χ0n) is 8.45. The monoisotopic (exact) mass is 265 g/mol. The number of nitrogens with zero attached hydrogens (tertiary/aromatic N) is 1. The summed E-state index contributed by atoms with van der Waals surface area (Å²) in [7, 11) is 0. The smallest absolute Gasteiger partial charge is 0.387 e. The predicted octanol–water partition coefficient (Wildman–Crippen LogP) is 3.05. The number of nitro groups is 1. The first-order valence-electron chi connectivity index (χ1n) is 4.27. The molecular weight excluding hydrogens is 260 g/mol. The Morgan fingerprint density at radius 2 is 2.12 bits per heavy atom. The van der Waals surface area contributed by atoms with Gasteiger partial charge in [0.1, 0.15) is 16.3 Å². The molecule has 0 aliphatic carbocycles. The molecule has 1 aromatic rings. The summed E-state index contributed by atoms with van der Waals surface area (Å²) in [4.78, 5) is 21.0. The Hall–Kier alpha value is -1.76. The van der Waals surface area contributed by atoms with Crippen LogP contribution < -0.4 is 4.74 Å². The summed E-state index contributed by atoms with van der Waals surface area (Å²) < 4.78 is 28.2. The number of carbonyl (C=O) groups excluding carboxylic acids is 1. The fourth-order valence-corrected chi connectivity index (χ4v) is 1.49. The van der Waals surface area contributed by atoms with Crippen LogP contribution in [-0.2, 0) is 0 Å². The van der Waals surface area contributed by atoms with Crippen molar-refractivity contribution in [1.29, 1.82) is 0 Å². The number of rotatable bonds is 4. The number of halogens is 3. The molecule has 0 fully saturated rings. The van der Waals surface area contributed by atoms with Crippen LogP contribution in [0.15, 0.2) is 12.1 Å². The van der Waals surface area contributed by atoms with E-state index >= 15 is 0 Å². The molecule has 0 saturated carbocycles. The van der Waals surface area contributed by atoms with Gasteiger partial charge in [0.05, 0.1) is 4.92 Å². The molecule has 1 rings (SSSR count). The number of ether oxygens (including phenoxy) is 1. The SMILES string of the molecule is CC(=O)c1c(OC(F)F)ccc(Cl)c1[N+](=O)[O-]. The Kier molecular flexibility index (Phi) is 3.95. The van der Waals surface area contributed by atoms with Gasteiger partial charge in [-0.15, -0.1) is 0 Å². The van der Waals surface area contributed by atoms with Crippen LogP contribution in [0.1, 0.15) is 17.3 Å². The third-order valence-electron chi connectivity index (χ3n) is 1.84. The van der Waals surface area contributed by atoms with Gasteiger partial charge in [-0.05, 0) is 19.1 Å². The van der Waals surface area contributed by atoms with Crippen LogP contribution in [0.4, 0.5) is 14.5 Å². The largest absolute Gasteiger partial charge is 0.434 e. The third-order valence-corrected chi connectivity index (χ3v) is 2.15. The van der Waals surface area contributed by atoms with E-state index in [-0.39, 0.29) is 5.02 Å². The highest BCUT2D eigenvalue weighted by Gasteiger charge is 2.27. The zero-order valence-corrected chi connectivity index (χ0v) is 9.20. The Balaban J connectivity index is 3.47. The van der Waals surface area contributed by atoms with E-state index in [1.165, 1.54) is 0 Å². The quantitative estimate of drug-likeness (QED) is 0.477. The molecule has 0 aliphatic rings. The second-order valence-electron chi connectivity index (χ2n) is 2.96. The molecule has 5 nitrogen and oxygen atoms in total.